The first-order valence-electron chi connectivity index (χ1n) is 5.78. The lowest BCUT2D eigenvalue weighted by Crippen LogP contribution is -2.38. The quantitative estimate of drug-likeness (QED) is 0.752. The summed E-state index contributed by atoms with van der Waals surface area (Å²) in [5, 5.41) is 9.29. The summed E-state index contributed by atoms with van der Waals surface area (Å²) in [6.45, 7) is 6.44. The van der Waals surface area contributed by atoms with E-state index in [-0.39, 0.29) is 6.42 Å². The summed E-state index contributed by atoms with van der Waals surface area (Å²) in [7, 11) is 1.86. The summed E-state index contributed by atoms with van der Waals surface area (Å²) in [5.74, 6) is -1.34. The van der Waals surface area contributed by atoms with Crippen LogP contribution in [0.1, 0.15) is 33.6 Å². The first kappa shape index (κ1) is 14.0. The monoisotopic (exact) mass is 243 g/mol. The van der Waals surface area contributed by atoms with Crippen LogP contribution in [-0.2, 0) is 14.3 Å². The zero-order valence-electron chi connectivity index (χ0n) is 10.9. The SMILES string of the molecule is CN1CC[C@](CC(=O)OC(C)(C)C)(C(=O)O)C1. The van der Waals surface area contributed by atoms with Crippen molar-refractivity contribution >= 4 is 11.9 Å². The molecule has 0 aromatic carbocycles. The van der Waals surface area contributed by atoms with Crippen molar-refractivity contribution in [2.24, 2.45) is 5.41 Å². The number of likely N-dealkylation sites (tertiary alicyclic amines) is 1. The number of carboxylic acids is 1. The zero-order chi connectivity index (χ0) is 13.3. The fraction of sp³-hybridized carbons (Fsp3) is 0.833. The Morgan fingerprint density at radius 1 is 1.41 bits per heavy atom. The molecule has 1 heterocycles. The second-order valence-electron chi connectivity index (χ2n) is 5.84. The van der Waals surface area contributed by atoms with Crippen molar-refractivity contribution in [3.8, 4) is 0 Å². The molecule has 0 unspecified atom stereocenters. The zero-order valence-corrected chi connectivity index (χ0v) is 10.9. The van der Waals surface area contributed by atoms with Gasteiger partial charge in [0.2, 0.25) is 0 Å². The minimum absolute atomic E-state index is 0.0516. The summed E-state index contributed by atoms with van der Waals surface area (Å²) < 4.78 is 5.19. The Morgan fingerprint density at radius 3 is 2.35 bits per heavy atom. The van der Waals surface area contributed by atoms with Crippen molar-refractivity contribution in [3.05, 3.63) is 0 Å². The maximum Gasteiger partial charge on any atom is 0.311 e. The van der Waals surface area contributed by atoms with E-state index in [1.807, 2.05) is 11.9 Å². The van der Waals surface area contributed by atoms with Gasteiger partial charge in [-0.15, -0.1) is 0 Å². The molecule has 1 N–H and O–H groups in total. The predicted octanol–water partition coefficient (Wildman–Crippen LogP) is 1.12. The van der Waals surface area contributed by atoms with Crippen molar-refractivity contribution in [1.29, 1.82) is 0 Å². The summed E-state index contributed by atoms with van der Waals surface area (Å²) in [6.07, 6.45) is 0.446. The number of hydrogen-bond acceptors (Lipinski definition) is 4. The molecule has 5 heteroatoms. The Hall–Kier alpha value is -1.10. The van der Waals surface area contributed by atoms with Gasteiger partial charge in [0, 0.05) is 6.54 Å². The molecule has 5 nitrogen and oxygen atoms in total. The number of esters is 1. The van der Waals surface area contributed by atoms with Crippen LogP contribution in [0.15, 0.2) is 0 Å². The highest BCUT2D eigenvalue weighted by Crippen LogP contribution is 2.34. The van der Waals surface area contributed by atoms with E-state index in [1.165, 1.54) is 0 Å². The van der Waals surface area contributed by atoms with Crippen LogP contribution in [0.3, 0.4) is 0 Å². The van der Waals surface area contributed by atoms with Gasteiger partial charge in [0.1, 0.15) is 5.60 Å². The fourth-order valence-electron chi connectivity index (χ4n) is 2.13. The average molecular weight is 243 g/mol. The molecule has 0 aliphatic carbocycles. The molecule has 0 radical (unpaired) electrons. The van der Waals surface area contributed by atoms with Crippen molar-refractivity contribution in [1.82, 2.24) is 4.90 Å². The first-order valence-corrected chi connectivity index (χ1v) is 5.78. The fourth-order valence-corrected chi connectivity index (χ4v) is 2.13. The molecule has 0 aromatic rings. The van der Waals surface area contributed by atoms with E-state index in [9.17, 15) is 14.7 Å². The Labute approximate surface area is 102 Å². The molecular weight excluding hydrogens is 222 g/mol. The van der Waals surface area contributed by atoms with Gasteiger partial charge in [-0.25, -0.2) is 0 Å². The number of aliphatic carboxylic acids is 1. The standard InChI is InChI=1S/C12H21NO4/c1-11(2,3)17-9(14)7-12(10(15)16)5-6-13(4)8-12/h5-8H2,1-4H3,(H,15,16)/t12-/m1/s1. The molecule has 0 amide bonds. The molecule has 1 rings (SSSR count). The number of nitrogens with zero attached hydrogens (tertiary/aromatic N) is 1. The van der Waals surface area contributed by atoms with E-state index in [2.05, 4.69) is 0 Å². The number of carbonyl (C=O) groups is 2. The smallest absolute Gasteiger partial charge is 0.311 e. The number of carbonyl (C=O) groups excluding carboxylic acids is 1. The maximum absolute atomic E-state index is 11.7. The third-order valence-corrected chi connectivity index (χ3v) is 2.90. The van der Waals surface area contributed by atoms with Crippen LogP contribution < -0.4 is 0 Å². The lowest BCUT2D eigenvalue weighted by atomic mass is 9.83. The number of ether oxygens (including phenoxy) is 1. The highest BCUT2D eigenvalue weighted by Gasteiger charge is 2.46. The minimum Gasteiger partial charge on any atom is -0.481 e. The molecule has 1 atom stereocenters. The lowest BCUT2D eigenvalue weighted by molar-refractivity contribution is -0.164. The molecule has 0 bridgehead atoms. The molecule has 1 aliphatic rings. The van der Waals surface area contributed by atoms with Gasteiger partial charge < -0.3 is 14.7 Å². The Morgan fingerprint density at radius 2 is 2.00 bits per heavy atom. The molecule has 0 aromatic heterocycles. The minimum atomic E-state index is -0.975. The van der Waals surface area contributed by atoms with E-state index in [4.69, 9.17) is 4.74 Å². The number of rotatable bonds is 3. The topological polar surface area (TPSA) is 66.8 Å². The largest absolute Gasteiger partial charge is 0.481 e. The molecule has 1 saturated heterocycles. The van der Waals surface area contributed by atoms with E-state index < -0.39 is 23.0 Å². The van der Waals surface area contributed by atoms with E-state index in [1.54, 1.807) is 20.8 Å². The third kappa shape index (κ3) is 3.70. The Bertz CT molecular complexity index is 321. The Kier molecular flexibility index (Phi) is 3.81. The maximum atomic E-state index is 11.7. The molecule has 98 valence electrons. The number of carboxylic acid groups (broad SMARTS) is 1. The first-order chi connectivity index (χ1) is 7.65. The van der Waals surface area contributed by atoms with Gasteiger partial charge in [-0.05, 0) is 40.8 Å². The van der Waals surface area contributed by atoms with Crippen molar-refractivity contribution < 1.29 is 19.4 Å². The lowest BCUT2D eigenvalue weighted by Gasteiger charge is -2.26. The molecule has 1 fully saturated rings. The summed E-state index contributed by atoms with van der Waals surface area (Å²) in [5.41, 5.74) is -1.54. The summed E-state index contributed by atoms with van der Waals surface area (Å²) in [6, 6.07) is 0. The van der Waals surface area contributed by atoms with Crippen LogP contribution in [0.4, 0.5) is 0 Å². The second kappa shape index (κ2) is 4.64. The van der Waals surface area contributed by atoms with Gasteiger partial charge in [0.05, 0.1) is 11.8 Å². The van der Waals surface area contributed by atoms with Crippen LogP contribution in [-0.4, -0.2) is 47.7 Å². The van der Waals surface area contributed by atoms with E-state index in [0.29, 0.717) is 19.5 Å². The molecule has 0 saturated carbocycles. The molecule has 0 spiro atoms. The predicted molar refractivity (Wildman–Crippen MR) is 62.6 cm³/mol. The van der Waals surface area contributed by atoms with Gasteiger partial charge >= 0.3 is 11.9 Å². The van der Waals surface area contributed by atoms with E-state index in [0.717, 1.165) is 0 Å². The van der Waals surface area contributed by atoms with Gasteiger partial charge in [-0.1, -0.05) is 0 Å². The molecule has 1 aliphatic heterocycles. The number of hydrogen-bond donors (Lipinski definition) is 1. The summed E-state index contributed by atoms with van der Waals surface area (Å²) >= 11 is 0. The Balaban J connectivity index is 2.69. The second-order valence-corrected chi connectivity index (χ2v) is 5.84. The highest BCUT2D eigenvalue weighted by molar-refractivity contribution is 5.83. The van der Waals surface area contributed by atoms with E-state index >= 15 is 0 Å². The van der Waals surface area contributed by atoms with Crippen LogP contribution in [0.5, 0.6) is 0 Å². The van der Waals surface area contributed by atoms with Gasteiger partial charge in [-0.3, -0.25) is 9.59 Å². The van der Waals surface area contributed by atoms with Gasteiger partial charge in [0.25, 0.3) is 0 Å². The molecular formula is C12H21NO4. The van der Waals surface area contributed by atoms with Crippen LogP contribution in [0.2, 0.25) is 0 Å². The molecule has 17 heavy (non-hydrogen) atoms. The average Bonchev–Trinajstić information content (AvgIpc) is 2.44. The van der Waals surface area contributed by atoms with Crippen LogP contribution in [0.25, 0.3) is 0 Å². The third-order valence-electron chi connectivity index (χ3n) is 2.90. The van der Waals surface area contributed by atoms with Crippen molar-refractivity contribution in [2.45, 2.75) is 39.2 Å². The van der Waals surface area contributed by atoms with Crippen LogP contribution >= 0.6 is 0 Å². The van der Waals surface area contributed by atoms with Gasteiger partial charge in [0.15, 0.2) is 0 Å². The normalized spacial score (nSPS) is 25.9. The van der Waals surface area contributed by atoms with Crippen molar-refractivity contribution in [3.63, 3.8) is 0 Å². The van der Waals surface area contributed by atoms with Gasteiger partial charge in [-0.2, -0.15) is 0 Å². The highest BCUT2D eigenvalue weighted by atomic mass is 16.6. The van der Waals surface area contributed by atoms with Crippen molar-refractivity contribution in [2.75, 3.05) is 20.1 Å². The summed E-state index contributed by atoms with van der Waals surface area (Å²) in [4.78, 5) is 25.0. The van der Waals surface area contributed by atoms with Crippen LogP contribution in [0, 0.1) is 5.41 Å².